The fourth-order valence-electron chi connectivity index (χ4n) is 5.82. The monoisotopic (exact) mass is 614 g/mol. The van der Waals surface area contributed by atoms with Gasteiger partial charge in [-0.1, -0.05) is 32.4 Å². The Balaban J connectivity index is 1.35. The number of amides is 2. The van der Waals surface area contributed by atoms with Crippen LogP contribution in [0.5, 0.6) is 5.75 Å². The number of methoxy groups -OCH3 is 1. The van der Waals surface area contributed by atoms with Gasteiger partial charge in [-0.05, 0) is 36.5 Å². The van der Waals surface area contributed by atoms with Gasteiger partial charge in [0.25, 0.3) is 5.56 Å². The van der Waals surface area contributed by atoms with Gasteiger partial charge >= 0.3 is 6.09 Å². The minimum Gasteiger partial charge on any atom is -0.497 e. The lowest BCUT2D eigenvalue weighted by atomic mass is 9.78. The Hall–Kier alpha value is -3.35. The number of halogens is 1. The molecule has 42 heavy (non-hydrogen) atoms. The van der Waals surface area contributed by atoms with Gasteiger partial charge in [0.05, 0.1) is 52.2 Å². The number of carboxylic acid groups (broad SMARTS) is 1. The maximum Gasteiger partial charge on any atom is 0.407 e. The molecule has 4 heterocycles. The van der Waals surface area contributed by atoms with Crippen LogP contribution < -0.4 is 15.6 Å². The molecule has 2 unspecified atom stereocenters. The van der Waals surface area contributed by atoms with Gasteiger partial charge in [0.1, 0.15) is 11.6 Å². The van der Waals surface area contributed by atoms with Crippen LogP contribution in [0.2, 0.25) is 5.02 Å². The maximum atomic E-state index is 12.8. The minimum absolute atomic E-state index is 0.0176. The molecule has 1 aromatic carbocycles. The molecule has 0 aliphatic carbocycles. The van der Waals surface area contributed by atoms with Gasteiger partial charge in [0.2, 0.25) is 5.91 Å². The SMILES string of the molecule is COc1ccc2ncc(=O)n(CCN3CCC(N(Cc4nc5c(cc4Cl)SCC(=O)N5)C(=O)O)CC3C(C)(C)C)c2c1. The van der Waals surface area contributed by atoms with Gasteiger partial charge in [-0.25, -0.2) is 14.8 Å². The fraction of sp³-hybridized carbons (Fsp3) is 0.483. The van der Waals surface area contributed by atoms with Crippen LogP contribution in [0.4, 0.5) is 10.6 Å². The summed E-state index contributed by atoms with van der Waals surface area (Å²) < 4.78 is 7.09. The van der Waals surface area contributed by atoms with E-state index in [1.807, 2.05) is 18.2 Å². The van der Waals surface area contributed by atoms with Crippen LogP contribution in [0.15, 0.2) is 40.2 Å². The second kappa shape index (κ2) is 12.1. The summed E-state index contributed by atoms with van der Waals surface area (Å²) in [6.45, 7) is 8.22. The molecule has 3 aromatic rings. The summed E-state index contributed by atoms with van der Waals surface area (Å²) in [5.74, 6) is 1.21. The Labute approximate surface area is 253 Å². The molecular weight excluding hydrogens is 580 g/mol. The van der Waals surface area contributed by atoms with E-state index < -0.39 is 6.09 Å². The average Bonchev–Trinajstić information content (AvgIpc) is 2.94. The van der Waals surface area contributed by atoms with E-state index >= 15 is 0 Å². The predicted molar refractivity (Wildman–Crippen MR) is 163 cm³/mol. The number of fused-ring (bicyclic) bond motifs is 2. The second-order valence-electron chi connectivity index (χ2n) is 11.7. The quantitative estimate of drug-likeness (QED) is 0.393. The lowest BCUT2D eigenvalue weighted by molar-refractivity contribution is -0.113. The highest BCUT2D eigenvalue weighted by molar-refractivity contribution is 8.00. The Morgan fingerprint density at radius 2 is 2.05 bits per heavy atom. The molecule has 2 amide bonds. The predicted octanol–water partition coefficient (Wildman–Crippen LogP) is 4.56. The highest BCUT2D eigenvalue weighted by atomic mass is 35.5. The number of nitrogens with one attached hydrogen (secondary N) is 1. The zero-order valence-electron chi connectivity index (χ0n) is 24.1. The van der Waals surface area contributed by atoms with Crippen molar-refractivity contribution in [2.75, 3.05) is 31.3 Å². The zero-order chi connectivity index (χ0) is 30.2. The lowest BCUT2D eigenvalue weighted by Gasteiger charge is -2.48. The Morgan fingerprint density at radius 3 is 2.76 bits per heavy atom. The molecule has 224 valence electrons. The van der Waals surface area contributed by atoms with Gasteiger partial charge in [0, 0.05) is 37.8 Å². The first-order chi connectivity index (χ1) is 19.9. The molecule has 1 saturated heterocycles. The van der Waals surface area contributed by atoms with Crippen molar-refractivity contribution < 1.29 is 19.4 Å². The van der Waals surface area contributed by atoms with E-state index in [4.69, 9.17) is 16.3 Å². The topological polar surface area (TPSA) is 130 Å². The molecule has 2 aliphatic rings. The van der Waals surface area contributed by atoms with E-state index in [0.717, 1.165) is 4.90 Å². The molecule has 2 aromatic heterocycles. The molecule has 2 N–H and O–H groups in total. The number of hydrogen-bond acceptors (Lipinski definition) is 8. The standard InChI is InChI=1S/C29H35ClN6O5S/c1-29(2,3)24-11-17(36(28(39)40)15-21-19(30)13-23-27(32-21)33-25(37)16-42-23)7-8-34(24)9-10-35-22-12-18(41-4)5-6-20(22)31-14-26(35)38/h5-6,12-14,17,24H,7-11,15-16H2,1-4H3,(H,39,40)(H,32,33,37). The van der Waals surface area contributed by atoms with Crippen molar-refractivity contribution in [3.8, 4) is 5.75 Å². The van der Waals surface area contributed by atoms with Crippen LogP contribution in [-0.2, 0) is 17.9 Å². The van der Waals surface area contributed by atoms with E-state index in [-0.39, 0.29) is 35.5 Å². The number of rotatable bonds is 7. The fourth-order valence-corrected chi connectivity index (χ4v) is 6.89. The van der Waals surface area contributed by atoms with Crippen LogP contribution in [0.25, 0.3) is 11.0 Å². The number of aromatic nitrogens is 3. The highest BCUT2D eigenvalue weighted by Crippen LogP contribution is 2.36. The van der Waals surface area contributed by atoms with Crippen molar-refractivity contribution >= 4 is 52.2 Å². The second-order valence-corrected chi connectivity index (χ2v) is 13.1. The van der Waals surface area contributed by atoms with Gasteiger partial charge < -0.3 is 19.7 Å². The number of nitrogens with zero attached hydrogens (tertiary/aromatic N) is 5. The summed E-state index contributed by atoms with van der Waals surface area (Å²) in [6.07, 6.45) is 1.54. The van der Waals surface area contributed by atoms with E-state index in [9.17, 15) is 19.5 Å². The summed E-state index contributed by atoms with van der Waals surface area (Å²) >= 11 is 7.88. The van der Waals surface area contributed by atoms with Crippen LogP contribution in [0.3, 0.4) is 0 Å². The van der Waals surface area contributed by atoms with E-state index in [1.54, 1.807) is 17.7 Å². The van der Waals surface area contributed by atoms with E-state index in [2.05, 4.69) is 41.0 Å². The molecule has 0 radical (unpaired) electrons. The molecular formula is C29H35ClN6O5S. The summed E-state index contributed by atoms with van der Waals surface area (Å²) in [7, 11) is 1.59. The third-order valence-electron chi connectivity index (χ3n) is 7.99. The highest BCUT2D eigenvalue weighted by Gasteiger charge is 2.39. The van der Waals surface area contributed by atoms with Crippen molar-refractivity contribution in [2.45, 2.75) is 63.7 Å². The Morgan fingerprint density at radius 1 is 1.26 bits per heavy atom. The molecule has 1 fully saturated rings. The number of benzene rings is 1. The maximum absolute atomic E-state index is 12.8. The summed E-state index contributed by atoms with van der Waals surface area (Å²) in [5.41, 5.74) is 1.51. The van der Waals surface area contributed by atoms with Crippen LogP contribution >= 0.6 is 23.4 Å². The third kappa shape index (κ3) is 6.35. The Kier molecular flexibility index (Phi) is 8.68. The number of piperidine rings is 1. The third-order valence-corrected chi connectivity index (χ3v) is 9.34. The summed E-state index contributed by atoms with van der Waals surface area (Å²) in [5, 5.41) is 13.4. The molecule has 2 aliphatic heterocycles. The van der Waals surface area contributed by atoms with Gasteiger partial charge in [-0.2, -0.15) is 0 Å². The summed E-state index contributed by atoms with van der Waals surface area (Å²) in [4.78, 5) is 50.6. The van der Waals surface area contributed by atoms with Crippen molar-refractivity contribution in [2.24, 2.45) is 5.41 Å². The van der Waals surface area contributed by atoms with Crippen molar-refractivity contribution in [3.63, 3.8) is 0 Å². The first-order valence-electron chi connectivity index (χ1n) is 13.8. The average molecular weight is 615 g/mol. The van der Waals surface area contributed by atoms with Crippen molar-refractivity contribution in [1.29, 1.82) is 0 Å². The van der Waals surface area contributed by atoms with Gasteiger partial charge in [-0.15, -0.1) is 11.8 Å². The van der Waals surface area contributed by atoms with E-state index in [1.165, 1.54) is 22.9 Å². The zero-order valence-corrected chi connectivity index (χ0v) is 25.7. The normalized spacial score (nSPS) is 19.3. The smallest absolute Gasteiger partial charge is 0.407 e. The number of ether oxygens (including phenoxy) is 1. The number of likely N-dealkylation sites (tertiary alicyclic amines) is 1. The number of carbonyl (C=O) groups is 2. The van der Waals surface area contributed by atoms with Gasteiger partial charge in [-0.3, -0.25) is 19.4 Å². The summed E-state index contributed by atoms with van der Waals surface area (Å²) in [6, 6.07) is 7.02. The van der Waals surface area contributed by atoms with Crippen molar-refractivity contribution in [1.82, 2.24) is 24.3 Å². The van der Waals surface area contributed by atoms with Crippen molar-refractivity contribution in [3.05, 3.63) is 51.5 Å². The number of carbonyl (C=O) groups excluding carboxylic acids is 1. The van der Waals surface area contributed by atoms with Gasteiger partial charge in [0.15, 0.2) is 0 Å². The number of thioether (sulfide) groups is 1. The minimum atomic E-state index is -1.04. The molecule has 5 rings (SSSR count). The number of hydrogen-bond donors (Lipinski definition) is 2. The van der Waals surface area contributed by atoms with Crippen LogP contribution in [-0.4, -0.2) is 79.5 Å². The molecule has 13 heteroatoms. The largest absolute Gasteiger partial charge is 0.497 e. The molecule has 11 nitrogen and oxygen atoms in total. The first-order valence-corrected chi connectivity index (χ1v) is 15.2. The number of anilines is 1. The molecule has 0 spiro atoms. The first kappa shape index (κ1) is 30.1. The molecule has 0 saturated carbocycles. The van der Waals surface area contributed by atoms with E-state index in [0.29, 0.717) is 71.5 Å². The Bertz CT molecular complexity index is 1570. The molecule has 2 atom stereocenters. The van der Waals surface area contributed by atoms with Crippen LogP contribution in [0, 0.1) is 5.41 Å². The molecule has 0 bridgehead atoms. The lowest BCUT2D eigenvalue weighted by Crippen LogP contribution is -2.56. The van der Waals surface area contributed by atoms with Crippen LogP contribution in [0.1, 0.15) is 39.3 Å². The number of pyridine rings is 1.